The van der Waals surface area contributed by atoms with Crippen molar-refractivity contribution in [2.45, 2.75) is 25.4 Å². The second-order valence-corrected chi connectivity index (χ2v) is 6.28. The zero-order valence-electron chi connectivity index (χ0n) is 10.4. The van der Waals surface area contributed by atoms with Crippen molar-refractivity contribution < 1.29 is 4.74 Å². The molecule has 0 aliphatic carbocycles. The van der Waals surface area contributed by atoms with Crippen LogP contribution >= 0.6 is 34.2 Å². The van der Waals surface area contributed by atoms with Crippen LogP contribution in [0.5, 0.6) is 0 Å². The Hall–Kier alpha value is -0.0400. The number of hydrogen-bond acceptors (Lipinski definition) is 3. The molecule has 0 radical (unpaired) electrons. The quantitative estimate of drug-likeness (QED) is 0.788. The Morgan fingerprint density at radius 2 is 2.44 bits per heavy atom. The van der Waals surface area contributed by atoms with Crippen LogP contribution in [0.1, 0.15) is 13.3 Å². The molecule has 1 fully saturated rings. The zero-order chi connectivity index (χ0) is 13.0. The van der Waals surface area contributed by atoms with Crippen LogP contribution in [0.4, 0.5) is 5.69 Å². The highest BCUT2D eigenvalue weighted by Gasteiger charge is 2.16. The van der Waals surface area contributed by atoms with Crippen LogP contribution in [0.2, 0.25) is 5.02 Å². The summed E-state index contributed by atoms with van der Waals surface area (Å²) >= 11 is 8.47. The predicted octanol–water partition coefficient (Wildman–Crippen LogP) is 3.12. The Morgan fingerprint density at radius 3 is 3.11 bits per heavy atom. The van der Waals surface area contributed by atoms with Gasteiger partial charge in [0.1, 0.15) is 0 Å². The number of morpholine rings is 1. The van der Waals surface area contributed by atoms with Crippen molar-refractivity contribution in [2.75, 3.05) is 25.1 Å². The molecule has 0 amide bonds. The van der Waals surface area contributed by atoms with Crippen molar-refractivity contribution in [3.63, 3.8) is 0 Å². The van der Waals surface area contributed by atoms with E-state index in [1.54, 1.807) is 0 Å². The molecule has 0 saturated carbocycles. The Bertz CT molecular complexity index is 397. The minimum atomic E-state index is 0.363. The maximum Gasteiger partial charge on any atom is 0.0648 e. The van der Waals surface area contributed by atoms with Crippen LogP contribution in [-0.2, 0) is 4.74 Å². The summed E-state index contributed by atoms with van der Waals surface area (Å²) in [6, 6.07) is 6.86. The molecule has 1 aliphatic rings. The Morgan fingerprint density at radius 1 is 1.61 bits per heavy atom. The van der Waals surface area contributed by atoms with Gasteiger partial charge in [0.2, 0.25) is 0 Å². The first-order valence-corrected chi connectivity index (χ1v) is 7.63. The second-order valence-electron chi connectivity index (χ2n) is 4.63. The third-order valence-electron chi connectivity index (χ3n) is 2.97. The normalized spacial score (nSPS) is 21.6. The van der Waals surface area contributed by atoms with Gasteiger partial charge >= 0.3 is 0 Å². The van der Waals surface area contributed by atoms with Gasteiger partial charge < -0.3 is 15.4 Å². The van der Waals surface area contributed by atoms with Gasteiger partial charge in [-0.15, -0.1) is 0 Å². The minimum Gasteiger partial charge on any atom is -0.381 e. The van der Waals surface area contributed by atoms with E-state index >= 15 is 0 Å². The van der Waals surface area contributed by atoms with Crippen LogP contribution < -0.4 is 10.6 Å². The number of halogens is 2. The van der Waals surface area contributed by atoms with E-state index in [2.05, 4.69) is 46.2 Å². The summed E-state index contributed by atoms with van der Waals surface area (Å²) < 4.78 is 6.61. The lowest BCUT2D eigenvalue weighted by Crippen LogP contribution is -2.43. The van der Waals surface area contributed by atoms with Crippen molar-refractivity contribution in [1.82, 2.24) is 5.32 Å². The number of ether oxygens (including phenoxy) is 1. The number of hydrogen-bond donors (Lipinski definition) is 2. The highest BCUT2D eigenvalue weighted by atomic mass is 127. The van der Waals surface area contributed by atoms with E-state index in [-0.39, 0.29) is 0 Å². The molecule has 2 rings (SSSR count). The third-order valence-corrected chi connectivity index (χ3v) is 3.95. The van der Waals surface area contributed by atoms with E-state index in [0.717, 1.165) is 40.5 Å². The molecule has 0 spiro atoms. The minimum absolute atomic E-state index is 0.363. The van der Waals surface area contributed by atoms with Gasteiger partial charge in [-0.1, -0.05) is 11.6 Å². The molecule has 3 nitrogen and oxygen atoms in total. The topological polar surface area (TPSA) is 33.3 Å². The summed E-state index contributed by atoms with van der Waals surface area (Å²) in [7, 11) is 0. The molecule has 18 heavy (non-hydrogen) atoms. The first kappa shape index (κ1) is 14.4. The smallest absolute Gasteiger partial charge is 0.0648 e. The van der Waals surface area contributed by atoms with Crippen LogP contribution in [0.25, 0.3) is 0 Å². The van der Waals surface area contributed by atoms with E-state index < -0.39 is 0 Å². The molecule has 1 aliphatic heterocycles. The van der Waals surface area contributed by atoms with E-state index in [1.807, 2.05) is 12.1 Å². The lowest BCUT2D eigenvalue weighted by atomic mass is 10.1. The lowest BCUT2D eigenvalue weighted by Gasteiger charge is -2.27. The van der Waals surface area contributed by atoms with Crippen LogP contribution in [0.3, 0.4) is 0 Å². The molecule has 1 saturated heterocycles. The summed E-state index contributed by atoms with van der Waals surface area (Å²) in [6.07, 6.45) is 1.03. The molecule has 2 atom stereocenters. The fourth-order valence-corrected chi connectivity index (χ4v) is 3.04. The van der Waals surface area contributed by atoms with Crippen molar-refractivity contribution >= 4 is 39.9 Å². The first-order chi connectivity index (χ1) is 8.65. The summed E-state index contributed by atoms with van der Waals surface area (Å²) in [6.45, 7) is 4.74. The number of rotatable bonds is 4. The maximum atomic E-state index is 6.21. The highest BCUT2D eigenvalue weighted by molar-refractivity contribution is 14.1. The molecule has 1 heterocycles. The summed E-state index contributed by atoms with van der Waals surface area (Å²) in [4.78, 5) is 0. The molecule has 5 heteroatoms. The average molecular weight is 381 g/mol. The van der Waals surface area contributed by atoms with E-state index in [1.165, 1.54) is 0 Å². The number of nitrogens with one attached hydrogen (secondary N) is 2. The van der Waals surface area contributed by atoms with Crippen molar-refractivity contribution in [1.29, 1.82) is 0 Å². The van der Waals surface area contributed by atoms with E-state index in [9.17, 15) is 0 Å². The highest BCUT2D eigenvalue weighted by Crippen LogP contribution is 2.25. The molecule has 0 aromatic heterocycles. The average Bonchev–Trinajstić information content (AvgIpc) is 2.34. The van der Waals surface area contributed by atoms with Gasteiger partial charge in [0.05, 0.1) is 23.9 Å². The van der Waals surface area contributed by atoms with Gasteiger partial charge in [0, 0.05) is 22.2 Å². The van der Waals surface area contributed by atoms with Gasteiger partial charge in [0.25, 0.3) is 0 Å². The number of anilines is 1. The molecule has 1 aromatic carbocycles. The molecular formula is C13H18ClIN2O. The number of benzene rings is 1. The SMILES string of the molecule is CC(CC1COCCN1)Nc1ccc(I)cc1Cl. The van der Waals surface area contributed by atoms with Crippen molar-refractivity contribution in [3.05, 3.63) is 26.8 Å². The maximum absolute atomic E-state index is 6.21. The predicted molar refractivity (Wildman–Crippen MR) is 84.5 cm³/mol. The van der Waals surface area contributed by atoms with Crippen LogP contribution in [-0.4, -0.2) is 31.8 Å². The molecule has 2 unspecified atom stereocenters. The monoisotopic (exact) mass is 380 g/mol. The second kappa shape index (κ2) is 6.93. The Balaban J connectivity index is 1.87. The Kier molecular flexibility index (Phi) is 5.54. The van der Waals surface area contributed by atoms with E-state index in [4.69, 9.17) is 16.3 Å². The van der Waals surface area contributed by atoms with Crippen molar-refractivity contribution in [3.8, 4) is 0 Å². The standard InChI is InChI=1S/C13H18ClIN2O/c1-9(6-11-8-18-5-4-16-11)17-13-3-2-10(15)7-12(13)14/h2-3,7,9,11,16-17H,4-6,8H2,1H3. The van der Waals surface area contributed by atoms with Crippen LogP contribution in [0, 0.1) is 3.57 Å². The summed E-state index contributed by atoms with van der Waals surface area (Å²) in [5.74, 6) is 0. The fraction of sp³-hybridized carbons (Fsp3) is 0.538. The molecular weight excluding hydrogens is 363 g/mol. The van der Waals surface area contributed by atoms with Gasteiger partial charge in [-0.25, -0.2) is 0 Å². The van der Waals surface area contributed by atoms with Crippen LogP contribution in [0.15, 0.2) is 18.2 Å². The molecule has 100 valence electrons. The molecule has 2 N–H and O–H groups in total. The third kappa shape index (κ3) is 4.26. The van der Waals surface area contributed by atoms with Crippen molar-refractivity contribution in [2.24, 2.45) is 0 Å². The zero-order valence-corrected chi connectivity index (χ0v) is 13.3. The van der Waals surface area contributed by atoms with Gasteiger partial charge in [-0.05, 0) is 54.1 Å². The molecule has 1 aromatic rings. The summed E-state index contributed by atoms with van der Waals surface area (Å²) in [5.41, 5.74) is 1.00. The van der Waals surface area contributed by atoms with E-state index in [0.29, 0.717) is 12.1 Å². The summed E-state index contributed by atoms with van der Waals surface area (Å²) in [5, 5.41) is 7.69. The largest absolute Gasteiger partial charge is 0.381 e. The molecule has 0 bridgehead atoms. The lowest BCUT2D eigenvalue weighted by molar-refractivity contribution is 0.0731. The fourth-order valence-electron chi connectivity index (χ4n) is 2.13. The Labute approximate surface area is 127 Å². The van der Waals surface area contributed by atoms with Gasteiger partial charge in [0.15, 0.2) is 0 Å². The van der Waals surface area contributed by atoms with Gasteiger partial charge in [-0.3, -0.25) is 0 Å². The van der Waals surface area contributed by atoms with Gasteiger partial charge in [-0.2, -0.15) is 0 Å². The first-order valence-electron chi connectivity index (χ1n) is 6.18.